The van der Waals surface area contributed by atoms with E-state index in [-0.39, 0.29) is 22.7 Å². The summed E-state index contributed by atoms with van der Waals surface area (Å²) in [5.74, 6) is 0. The lowest BCUT2D eigenvalue weighted by molar-refractivity contribution is 1.42. The molecule has 0 fully saturated rings. The first-order valence-electron chi connectivity index (χ1n) is 13.3. The van der Waals surface area contributed by atoms with Crippen LogP contribution in [0.4, 0.5) is 22.7 Å². The van der Waals surface area contributed by atoms with Crippen molar-refractivity contribution in [3.8, 4) is 0 Å². The molecule has 0 unspecified atom stereocenters. The first-order chi connectivity index (χ1) is 16.5. The molecule has 0 atom stereocenters. The molecule has 0 bridgehead atoms. The van der Waals surface area contributed by atoms with Gasteiger partial charge in [0.25, 0.3) is 0 Å². The van der Waals surface area contributed by atoms with Crippen molar-refractivity contribution in [3.05, 3.63) is 83.7 Å². The van der Waals surface area contributed by atoms with Crippen LogP contribution in [0.3, 0.4) is 0 Å². The summed E-state index contributed by atoms with van der Waals surface area (Å²) in [5.41, 5.74) is -1.27. The molecule has 22 heavy (non-hydrogen) atoms. The summed E-state index contributed by atoms with van der Waals surface area (Å²) in [4.78, 5) is 0. The highest BCUT2D eigenvalue weighted by Crippen LogP contribution is 2.24. The molecule has 0 heterocycles. The Morgan fingerprint density at radius 3 is 1.50 bits per heavy atom. The third kappa shape index (κ3) is 3.29. The second kappa shape index (κ2) is 6.35. The smallest absolute Gasteiger partial charge is 0.0645 e. The molecule has 2 heteroatoms. The zero-order valence-electron chi connectivity index (χ0n) is 25.3. The van der Waals surface area contributed by atoms with Crippen molar-refractivity contribution in [1.82, 2.24) is 0 Å². The van der Waals surface area contributed by atoms with E-state index in [2.05, 4.69) is 10.6 Å². The van der Waals surface area contributed by atoms with Gasteiger partial charge in [0.05, 0.1) is 11.0 Å². The molecule has 0 amide bonds. The topological polar surface area (TPSA) is 24.1 Å². The van der Waals surface area contributed by atoms with Gasteiger partial charge in [0.2, 0.25) is 0 Å². The zero-order chi connectivity index (χ0) is 27.3. The number of nitrogens with one attached hydrogen (secondary N) is 2. The van der Waals surface area contributed by atoms with Crippen LogP contribution in [0.2, 0.25) is 0 Å². The Labute approximate surface area is 151 Å². The van der Waals surface area contributed by atoms with Crippen molar-refractivity contribution >= 4 is 22.7 Å². The summed E-state index contributed by atoms with van der Waals surface area (Å²) in [6, 6.07) is 0.636. The third-order valence-corrected chi connectivity index (χ3v) is 2.80. The van der Waals surface area contributed by atoms with Crippen molar-refractivity contribution in [1.29, 1.82) is 0 Å². The van der Waals surface area contributed by atoms with E-state index in [9.17, 15) is 0 Å². The summed E-state index contributed by atoms with van der Waals surface area (Å²) in [6.45, 7) is -5.66. The fraction of sp³-hybridized carbons (Fsp3) is 0.100. The summed E-state index contributed by atoms with van der Waals surface area (Å²) in [6.07, 6.45) is 0. The predicted octanol–water partition coefficient (Wildman–Crippen LogP) is 5.79. The van der Waals surface area contributed by atoms with Crippen LogP contribution in [-0.4, -0.2) is 0 Å². The number of benzene rings is 3. The molecule has 0 radical (unpaired) electrons. The van der Waals surface area contributed by atoms with Crippen molar-refractivity contribution in [3.63, 3.8) is 0 Å². The van der Waals surface area contributed by atoms with Gasteiger partial charge in [0, 0.05) is 31.0 Å². The van der Waals surface area contributed by atoms with Gasteiger partial charge in [-0.15, -0.1) is 0 Å². The van der Waals surface area contributed by atoms with E-state index in [1.807, 2.05) is 0 Å². The van der Waals surface area contributed by atoms with E-state index in [4.69, 9.17) is 19.2 Å². The molecule has 3 aromatic rings. The lowest BCUT2D eigenvalue weighted by Gasteiger charge is -2.12. The lowest BCUT2D eigenvalue weighted by atomic mass is 10.2. The van der Waals surface area contributed by atoms with Gasteiger partial charge in [-0.3, -0.25) is 0 Å². The van der Waals surface area contributed by atoms with Gasteiger partial charge in [-0.05, 0) is 61.2 Å². The molecule has 3 aromatic carbocycles. The monoisotopic (exact) mass is 302 g/mol. The average molecular weight is 302 g/mol. The van der Waals surface area contributed by atoms with E-state index in [1.165, 1.54) is 24.3 Å². The summed E-state index contributed by atoms with van der Waals surface area (Å²) >= 11 is 0. The minimum absolute atomic E-state index is 0.252. The van der Waals surface area contributed by atoms with Gasteiger partial charge in [0.15, 0.2) is 0 Å². The molecule has 0 saturated carbocycles. The molecular weight excluding hydrogens is 268 g/mol. The largest absolute Gasteiger partial charge is 0.355 e. The van der Waals surface area contributed by atoms with Crippen LogP contribution in [0.1, 0.15) is 30.3 Å². The van der Waals surface area contributed by atoms with Gasteiger partial charge < -0.3 is 10.6 Å². The van der Waals surface area contributed by atoms with Crippen LogP contribution >= 0.6 is 0 Å². The number of anilines is 4. The highest BCUT2D eigenvalue weighted by molar-refractivity contribution is 5.68. The summed E-state index contributed by atoms with van der Waals surface area (Å²) in [5, 5.41) is 5.42. The standard InChI is InChI=1S/C20H20N2/c1-15-7-3-5-9-19(15)21-17-11-13-18(14-12-17)22-20-10-6-4-8-16(20)2/h3-14,21-22H,1-2H3/i1D3,2D3,3D,4D,5D,6D,7D,8D,9D,10D. The highest BCUT2D eigenvalue weighted by Gasteiger charge is 2.00. The molecule has 0 aliphatic carbocycles. The molecule has 0 spiro atoms. The molecular formula is C20H20N2. The predicted molar refractivity (Wildman–Crippen MR) is 95.4 cm³/mol. The molecule has 110 valence electrons. The van der Waals surface area contributed by atoms with E-state index in [0.29, 0.717) is 0 Å². The van der Waals surface area contributed by atoms with Gasteiger partial charge in [-0.25, -0.2) is 0 Å². The molecule has 0 aliphatic rings. The molecule has 0 aliphatic heterocycles. The third-order valence-electron chi connectivity index (χ3n) is 2.80. The molecule has 0 saturated heterocycles. The van der Waals surface area contributed by atoms with Gasteiger partial charge in [-0.2, -0.15) is 0 Å². The lowest BCUT2D eigenvalue weighted by Crippen LogP contribution is -1.95. The van der Waals surface area contributed by atoms with E-state index >= 15 is 0 Å². The maximum absolute atomic E-state index is 8.12. The minimum atomic E-state index is -2.83. The van der Waals surface area contributed by atoms with Gasteiger partial charge >= 0.3 is 0 Å². The van der Waals surface area contributed by atoms with E-state index in [1.54, 1.807) is 0 Å². The Balaban J connectivity index is 2.03. The van der Waals surface area contributed by atoms with Crippen molar-refractivity contribution in [2.75, 3.05) is 10.6 Å². The Kier molecular flexibility index (Phi) is 1.49. The summed E-state index contributed by atoms with van der Waals surface area (Å²) < 4.78 is 110. The van der Waals surface area contributed by atoms with E-state index in [0.717, 1.165) is 0 Å². The summed E-state index contributed by atoms with van der Waals surface area (Å²) in [7, 11) is 0. The Morgan fingerprint density at radius 2 is 1.09 bits per heavy atom. The first-order valence-corrected chi connectivity index (χ1v) is 6.32. The average Bonchev–Trinajstić information content (AvgIpc) is 2.77. The normalized spacial score (nSPS) is 20.5. The van der Waals surface area contributed by atoms with Crippen LogP contribution in [0.25, 0.3) is 0 Å². The Bertz CT molecular complexity index is 1220. The Morgan fingerprint density at radius 1 is 0.682 bits per heavy atom. The number of hydrogen-bond acceptors (Lipinski definition) is 2. The first kappa shape index (κ1) is 5.17. The van der Waals surface area contributed by atoms with Crippen molar-refractivity contribution < 1.29 is 19.2 Å². The fourth-order valence-corrected chi connectivity index (χ4v) is 1.74. The van der Waals surface area contributed by atoms with Crippen molar-refractivity contribution in [2.24, 2.45) is 0 Å². The maximum atomic E-state index is 8.12. The second-order valence-corrected chi connectivity index (χ2v) is 4.33. The van der Waals surface area contributed by atoms with Crippen LogP contribution in [-0.2, 0) is 0 Å². The second-order valence-electron chi connectivity index (χ2n) is 4.33. The van der Waals surface area contributed by atoms with Crippen LogP contribution in [0.15, 0.2) is 72.6 Å². The Hall–Kier alpha value is -2.74. The zero-order valence-corrected chi connectivity index (χ0v) is 11.3. The quantitative estimate of drug-likeness (QED) is 0.637. The fourth-order valence-electron chi connectivity index (χ4n) is 1.74. The molecule has 2 nitrogen and oxygen atoms in total. The highest BCUT2D eigenvalue weighted by atomic mass is 14.9. The number of rotatable bonds is 4. The molecule has 0 aromatic heterocycles. The number of hydrogen-bond donors (Lipinski definition) is 2. The minimum Gasteiger partial charge on any atom is -0.355 e. The SMILES string of the molecule is [2H]c1c([2H])c([2H])c(C([2H])([2H])[2H])c(Nc2ccc(Nc3c([2H])c([2H])c([2H])c([2H])c3C([2H])([2H])[2H])cc2)c1[2H]. The van der Waals surface area contributed by atoms with E-state index < -0.39 is 73.2 Å². The van der Waals surface area contributed by atoms with Crippen LogP contribution in [0, 0.1) is 13.7 Å². The molecule has 2 N–H and O–H groups in total. The van der Waals surface area contributed by atoms with Gasteiger partial charge in [0.1, 0.15) is 0 Å². The number of para-hydroxylation sites is 2. The molecule has 3 rings (SSSR count). The van der Waals surface area contributed by atoms with Crippen LogP contribution in [0.5, 0.6) is 0 Å². The van der Waals surface area contributed by atoms with Crippen LogP contribution < -0.4 is 10.6 Å². The van der Waals surface area contributed by atoms with Gasteiger partial charge in [-0.1, -0.05) is 36.3 Å². The van der Waals surface area contributed by atoms with Crippen molar-refractivity contribution in [2.45, 2.75) is 13.7 Å². The maximum Gasteiger partial charge on any atom is 0.0645 e.